The summed E-state index contributed by atoms with van der Waals surface area (Å²) in [5, 5.41) is 25.0. The summed E-state index contributed by atoms with van der Waals surface area (Å²) in [6.45, 7) is 4.79. The maximum Gasteiger partial charge on any atom is 0.0726 e. The van der Waals surface area contributed by atoms with Crippen molar-refractivity contribution < 1.29 is 0 Å². The van der Waals surface area contributed by atoms with E-state index in [1.807, 2.05) is 0 Å². The largest absolute Gasteiger partial charge is 0.310 e. The van der Waals surface area contributed by atoms with Gasteiger partial charge in [0.25, 0.3) is 0 Å². The second-order valence-electron chi connectivity index (χ2n) is 41.8. The molecule has 0 atom stereocenters. The van der Waals surface area contributed by atoms with E-state index in [0.717, 1.165) is 39.7 Å². The first-order chi connectivity index (χ1) is 73.6. The van der Waals surface area contributed by atoms with E-state index in [9.17, 15) is 0 Å². The molecule has 0 amide bonds. The highest BCUT2D eigenvalue weighted by Crippen LogP contribution is 2.68. The predicted octanol–water partition coefficient (Wildman–Crippen LogP) is 39.5. The van der Waals surface area contributed by atoms with Gasteiger partial charge in [0, 0.05) is 39.0 Å². The van der Waals surface area contributed by atoms with Gasteiger partial charge in [-0.2, -0.15) is 0 Å². The molecule has 0 saturated heterocycles. The predicted molar refractivity (Wildman–Crippen MR) is 629 cm³/mol. The van der Waals surface area contributed by atoms with E-state index in [1.165, 1.54) is 258 Å². The molecule has 0 fully saturated rings. The monoisotopic (exact) mass is 1890 g/mol. The van der Waals surface area contributed by atoms with Crippen molar-refractivity contribution in [3.8, 4) is 100 Å². The lowest BCUT2D eigenvalue weighted by atomic mass is 9.70. The molecule has 0 saturated carbocycles. The van der Waals surface area contributed by atoms with Crippen molar-refractivity contribution in [1.29, 1.82) is 0 Å². The Morgan fingerprint density at radius 3 is 0.799 bits per heavy atom. The molecule has 0 unspecified atom stereocenters. The molecule has 5 aliphatic rings. The lowest BCUT2D eigenvalue weighted by molar-refractivity contribution is 0.660. The zero-order valence-corrected chi connectivity index (χ0v) is 82.2. The first-order valence-electron chi connectivity index (χ1n) is 52.2. The third-order valence-corrected chi connectivity index (χ3v) is 34.1. The molecule has 2 heteroatoms. The van der Waals surface area contributed by atoms with Crippen molar-refractivity contribution in [2.45, 2.75) is 30.1 Å². The Morgan fingerprint density at radius 1 is 0.128 bits per heavy atom. The van der Waals surface area contributed by atoms with Gasteiger partial charge >= 0.3 is 0 Å². The van der Waals surface area contributed by atoms with Crippen LogP contribution < -0.4 is 9.80 Å². The van der Waals surface area contributed by atoms with Crippen LogP contribution in [0.2, 0.25) is 0 Å². The number of hydrogen-bond acceptors (Lipinski definition) is 2. The van der Waals surface area contributed by atoms with Gasteiger partial charge in [0.2, 0.25) is 0 Å². The van der Waals surface area contributed by atoms with Crippen LogP contribution in [0.3, 0.4) is 0 Å². The number of fused-ring (bicyclic) bond motifs is 40. The van der Waals surface area contributed by atoms with Crippen molar-refractivity contribution >= 4 is 142 Å². The fourth-order valence-corrected chi connectivity index (χ4v) is 27.5. The normalized spacial score (nSPS) is 13.5. The van der Waals surface area contributed by atoms with E-state index in [0.29, 0.717) is 0 Å². The van der Waals surface area contributed by atoms with Crippen LogP contribution in [0.15, 0.2) is 534 Å². The van der Waals surface area contributed by atoms with Gasteiger partial charge < -0.3 is 9.80 Å². The van der Waals surface area contributed by atoms with Crippen molar-refractivity contribution in [3.05, 3.63) is 589 Å². The molecule has 27 aromatic rings. The van der Waals surface area contributed by atoms with Gasteiger partial charge in [0.15, 0.2) is 0 Å². The molecule has 5 aliphatic carbocycles. The molecular formula is C147H94N2. The van der Waals surface area contributed by atoms with E-state index >= 15 is 0 Å². The number of nitrogens with zero attached hydrogens (tertiary/aromatic N) is 2. The molecule has 0 aromatic heterocycles. The fraction of sp³-hybridized carbons (Fsp3) is 0.0340. The summed E-state index contributed by atoms with van der Waals surface area (Å²) in [5.74, 6) is 0. The molecule has 2 spiro atoms. The van der Waals surface area contributed by atoms with Gasteiger partial charge in [-0.3, -0.25) is 0 Å². The highest BCUT2D eigenvalue weighted by atomic mass is 15.2. The smallest absolute Gasteiger partial charge is 0.0726 e. The summed E-state index contributed by atoms with van der Waals surface area (Å²) in [5.41, 5.74) is 41.2. The lowest BCUT2D eigenvalue weighted by Crippen LogP contribution is -2.26. The van der Waals surface area contributed by atoms with Gasteiger partial charge in [-0.15, -0.1) is 0 Å². The van der Waals surface area contributed by atoms with Gasteiger partial charge in [-0.1, -0.05) is 469 Å². The van der Waals surface area contributed by atoms with Crippen LogP contribution in [-0.4, -0.2) is 0 Å². The van der Waals surface area contributed by atoms with Crippen LogP contribution in [-0.2, 0) is 16.2 Å². The first-order valence-corrected chi connectivity index (χ1v) is 52.2. The molecule has 27 aromatic carbocycles. The van der Waals surface area contributed by atoms with Crippen LogP contribution >= 0.6 is 0 Å². The van der Waals surface area contributed by atoms with Crippen LogP contribution in [0.4, 0.5) is 34.1 Å². The summed E-state index contributed by atoms with van der Waals surface area (Å²) < 4.78 is 0. The maximum absolute atomic E-state index is 2.61. The van der Waals surface area contributed by atoms with Crippen LogP contribution in [0.5, 0.6) is 0 Å². The Morgan fingerprint density at radius 2 is 0.396 bits per heavy atom. The Hall–Kier alpha value is -18.9. The average molecular weight is 1890 g/mol. The Bertz CT molecular complexity index is 10300. The van der Waals surface area contributed by atoms with E-state index < -0.39 is 10.8 Å². The first kappa shape index (κ1) is 84.6. The van der Waals surface area contributed by atoms with Crippen molar-refractivity contribution in [1.82, 2.24) is 0 Å². The summed E-state index contributed by atoms with van der Waals surface area (Å²) >= 11 is 0. The molecule has 149 heavy (non-hydrogen) atoms. The van der Waals surface area contributed by atoms with E-state index in [-0.39, 0.29) is 5.41 Å². The highest BCUT2D eigenvalue weighted by molar-refractivity contribution is 6.28. The second-order valence-corrected chi connectivity index (χ2v) is 41.8. The minimum absolute atomic E-state index is 0.200. The molecule has 0 aliphatic heterocycles. The summed E-state index contributed by atoms with van der Waals surface area (Å²) in [4.78, 5) is 5.20. The Balaban J connectivity index is 0.000000134. The Kier molecular flexibility index (Phi) is 18.5. The zero-order chi connectivity index (χ0) is 98.1. The van der Waals surface area contributed by atoms with Gasteiger partial charge in [0.1, 0.15) is 0 Å². The van der Waals surface area contributed by atoms with E-state index in [1.54, 1.807) is 0 Å². The molecule has 2 nitrogen and oxygen atoms in total. The second kappa shape index (κ2) is 32.6. The van der Waals surface area contributed by atoms with Crippen molar-refractivity contribution in [3.63, 3.8) is 0 Å². The number of rotatable bonds is 10. The maximum atomic E-state index is 2.61. The van der Waals surface area contributed by atoms with Crippen molar-refractivity contribution in [2.75, 3.05) is 9.80 Å². The molecule has 0 bridgehead atoms. The molecule has 0 heterocycles. The van der Waals surface area contributed by atoms with Gasteiger partial charge in [-0.25, -0.2) is 0 Å². The molecule has 0 radical (unpaired) electrons. The third kappa shape index (κ3) is 12.3. The van der Waals surface area contributed by atoms with Crippen molar-refractivity contribution in [2.24, 2.45) is 0 Å². The number of anilines is 6. The standard InChI is InChI=1S/C74H49N.C73H45N/c1-73(2)66-27-13-9-23-58(66)62-40-38-52(43-70(62)73)75(51-37-39-57-55-21-6-5-19-53(55)54-20-7-8-22-56(54)64(57)42-51)72-45-71-65(44-63(72)48-34-31-47(32-35-48)50-36-33-46-17-3-4-18-49(46)41-50)61-26-12-16-30-69(61)74(71)67-28-14-10-24-59(67)60-25-11-15-29-68(60)74;1-2-18-49-41-50(38-35-46(49)17-1)47-33-36-48(37-34-47)64-44-66-62-28-13-16-32-69(62)73(67-30-14-11-26-60(67)61-27-12-15-31-68(61)73)70(66)45-72(64)74(71-42-51-19-3-4-20-53(51)54-21-9-10-29-63(54)71)52-39-40-59-57-24-6-5-22-55(57)56-23-7-8-25-58(56)65(59)43-52/h3-45H,1-2H3;1-45H. The SMILES string of the molecule is CC1(C)c2ccccc2-c2ccc(N(c3ccc4c5ccccc5c5ccccc5c4c3)c3cc4c(cc3-c3ccc(-c5ccc6ccccc6c5)cc3)-c3ccccc3C43c4ccccc4-c4ccccc43)cc21.c1ccc2c(c1)-c1ccccc1C21c2ccccc2-c2cc(-c3ccc(-c4ccc5ccccc5c4)cc3)c(N(c3ccc4c5ccccc5c5ccccc5c4c3)c3cc4ccccc4c4ccccc34)cc21. The molecule has 0 N–H and O–H groups in total. The average Bonchev–Trinajstić information content (AvgIpc) is 1.51. The fourth-order valence-electron chi connectivity index (χ4n) is 27.5. The summed E-state index contributed by atoms with van der Waals surface area (Å²) in [6.07, 6.45) is 0. The number of benzene rings is 27. The Labute approximate surface area is 864 Å². The highest BCUT2D eigenvalue weighted by Gasteiger charge is 2.54. The van der Waals surface area contributed by atoms with E-state index in [2.05, 4.69) is 557 Å². The third-order valence-electron chi connectivity index (χ3n) is 34.1. The minimum Gasteiger partial charge on any atom is -0.310 e. The van der Waals surface area contributed by atoms with Gasteiger partial charge in [0.05, 0.1) is 27.9 Å². The summed E-state index contributed by atoms with van der Waals surface area (Å²) in [7, 11) is 0. The van der Waals surface area contributed by atoms with Crippen LogP contribution in [0, 0.1) is 0 Å². The molecule has 692 valence electrons. The quantitative estimate of drug-likeness (QED) is 0.126. The number of hydrogen-bond donors (Lipinski definition) is 0. The zero-order valence-electron chi connectivity index (χ0n) is 82.2. The van der Waals surface area contributed by atoms with Gasteiger partial charge in [-0.05, 0) is 326 Å². The molecular weight excluding hydrogens is 1790 g/mol. The minimum atomic E-state index is -0.540. The molecule has 32 rings (SSSR count). The lowest BCUT2D eigenvalue weighted by Gasteiger charge is -2.34. The topological polar surface area (TPSA) is 6.48 Å². The van der Waals surface area contributed by atoms with E-state index in [4.69, 9.17) is 0 Å². The van der Waals surface area contributed by atoms with Crippen LogP contribution in [0.1, 0.15) is 69.5 Å². The summed E-state index contributed by atoms with van der Waals surface area (Å²) in [6, 6.07) is 202. The van der Waals surface area contributed by atoms with Crippen LogP contribution in [0.25, 0.3) is 208 Å².